The van der Waals surface area contributed by atoms with Gasteiger partial charge in [-0.1, -0.05) is 18.3 Å². The van der Waals surface area contributed by atoms with Gasteiger partial charge < -0.3 is 10.6 Å². The molecular formula is C12H14BrFN2OS. The van der Waals surface area contributed by atoms with Crippen molar-refractivity contribution in [2.45, 2.75) is 13.3 Å². The largest absolute Gasteiger partial charge is 0.393 e. The normalized spacial score (nSPS) is 10.2. The van der Waals surface area contributed by atoms with E-state index in [-0.39, 0.29) is 11.5 Å². The maximum absolute atomic E-state index is 13.7. The van der Waals surface area contributed by atoms with E-state index in [1.165, 1.54) is 11.0 Å². The molecular weight excluding hydrogens is 319 g/mol. The summed E-state index contributed by atoms with van der Waals surface area (Å²) in [6, 6.07) is 4.44. The average molecular weight is 333 g/mol. The highest BCUT2D eigenvalue weighted by Gasteiger charge is 2.20. The molecule has 2 N–H and O–H groups in total. The molecule has 0 aliphatic heterocycles. The average Bonchev–Trinajstić information content (AvgIpc) is 2.29. The van der Waals surface area contributed by atoms with E-state index in [1.807, 2.05) is 6.92 Å². The van der Waals surface area contributed by atoms with Gasteiger partial charge in [0.25, 0.3) is 5.91 Å². The van der Waals surface area contributed by atoms with Gasteiger partial charge in [-0.3, -0.25) is 4.79 Å². The van der Waals surface area contributed by atoms with Crippen molar-refractivity contribution in [1.29, 1.82) is 0 Å². The molecule has 0 heterocycles. The molecule has 0 saturated heterocycles. The van der Waals surface area contributed by atoms with Gasteiger partial charge >= 0.3 is 0 Å². The Morgan fingerprint density at radius 2 is 2.22 bits per heavy atom. The number of hydrogen-bond donors (Lipinski definition) is 1. The first-order valence-corrected chi connectivity index (χ1v) is 6.69. The smallest absolute Gasteiger partial charge is 0.257 e. The van der Waals surface area contributed by atoms with Crippen LogP contribution in [0.1, 0.15) is 23.7 Å². The lowest BCUT2D eigenvalue weighted by Gasteiger charge is -2.21. The third-order valence-electron chi connectivity index (χ3n) is 2.47. The lowest BCUT2D eigenvalue weighted by atomic mass is 10.2. The summed E-state index contributed by atoms with van der Waals surface area (Å²) < 4.78 is 14.1. The molecule has 0 aromatic heterocycles. The van der Waals surface area contributed by atoms with Crippen LogP contribution < -0.4 is 5.73 Å². The molecule has 98 valence electrons. The van der Waals surface area contributed by atoms with Crippen LogP contribution in [0.2, 0.25) is 0 Å². The lowest BCUT2D eigenvalue weighted by Crippen LogP contribution is -2.34. The van der Waals surface area contributed by atoms with Crippen molar-refractivity contribution in [3.8, 4) is 0 Å². The second kappa shape index (κ2) is 6.80. The second-order valence-corrected chi connectivity index (χ2v) is 5.08. The summed E-state index contributed by atoms with van der Waals surface area (Å²) >= 11 is 7.96. The molecule has 1 aromatic rings. The molecule has 1 aromatic carbocycles. The molecule has 0 unspecified atom stereocenters. The van der Waals surface area contributed by atoms with E-state index in [2.05, 4.69) is 15.9 Å². The highest BCUT2D eigenvalue weighted by molar-refractivity contribution is 9.10. The predicted octanol–water partition coefficient (Wildman–Crippen LogP) is 2.73. The second-order valence-electron chi connectivity index (χ2n) is 3.70. The molecule has 0 fully saturated rings. The molecule has 0 bridgehead atoms. The van der Waals surface area contributed by atoms with Crippen LogP contribution in [-0.4, -0.2) is 28.9 Å². The first-order chi connectivity index (χ1) is 8.47. The van der Waals surface area contributed by atoms with Gasteiger partial charge in [0.1, 0.15) is 5.82 Å². The minimum atomic E-state index is -0.539. The van der Waals surface area contributed by atoms with Crippen molar-refractivity contribution in [3.63, 3.8) is 0 Å². The molecule has 0 spiro atoms. The van der Waals surface area contributed by atoms with E-state index in [1.54, 1.807) is 12.1 Å². The molecule has 0 aliphatic rings. The third-order valence-corrected chi connectivity index (χ3v) is 3.34. The van der Waals surface area contributed by atoms with Gasteiger partial charge in [0.05, 0.1) is 10.6 Å². The molecule has 0 saturated carbocycles. The van der Waals surface area contributed by atoms with E-state index >= 15 is 0 Å². The highest BCUT2D eigenvalue weighted by atomic mass is 79.9. The monoisotopic (exact) mass is 332 g/mol. The minimum absolute atomic E-state index is 0.0438. The molecule has 18 heavy (non-hydrogen) atoms. The Morgan fingerprint density at radius 1 is 1.56 bits per heavy atom. The van der Waals surface area contributed by atoms with Crippen molar-refractivity contribution >= 4 is 39.0 Å². The maximum Gasteiger partial charge on any atom is 0.257 e. The number of nitrogens with two attached hydrogens (primary N) is 1. The van der Waals surface area contributed by atoms with Crippen molar-refractivity contribution < 1.29 is 9.18 Å². The zero-order chi connectivity index (χ0) is 13.7. The number of amides is 1. The van der Waals surface area contributed by atoms with Gasteiger partial charge in [0, 0.05) is 24.0 Å². The fourth-order valence-electron chi connectivity index (χ4n) is 1.51. The van der Waals surface area contributed by atoms with Crippen LogP contribution >= 0.6 is 28.1 Å². The van der Waals surface area contributed by atoms with Crippen LogP contribution in [0.25, 0.3) is 0 Å². The number of carbonyl (C=O) groups excluding carboxylic acids is 1. The van der Waals surface area contributed by atoms with Gasteiger partial charge in [0.15, 0.2) is 0 Å². The van der Waals surface area contributed by atoms with Crippen LogP contribution in [0.4, 0.5) is 4.39 Å². The lowest BCUT2D eigenvalue weighted by molar-refractivity contribution is 0.0763. The van der Waals surface area contributed by atoms with Crippen molar-refractivity contribution in [2.24, 2.45) is 5.73 Å². The summed E-state index contributed by atoms with van der Waals surface area (Å²) in [4.78, 5) is 14.1. The molecule has 1 amide bonds. The highest BCUT2D eigenvalue weighted by Crippen LogP contribution is 2.21. The first kappa shape index (κ1) is 15.0. The summed E-state index contributed by atoms with van der Waals surface area (Å²) in [5, 5.41) is 0. The predicted molar refractivity (Wildman–Crippen MR) is 77.1 cm³/mol. The Hall–Kier alpha value is -1.01. The molecule has 0 atom stereocenters. The fourth-order valence-corrected chi connectivity index (χ4v) is 2.11. The number of thiocarbonyl (C=S) groups is 1. The van der Waals surface area contributed by atoms with Gasteiger partial charge in [-0.2, -0.15) is 0 Å². The van der Waals surface area contributed by atoms with Crippen LogP contribution in [0.15, 0.2) is 22.7 Å². The molecule has 0 radical (unpaired) electrons. The van der Waals surface area contributed by atoms with Crippen molar-refractivity contribution in [2.75, 3.05) is 13.1 Å². The number of carbonyl (C=O) groups is 1. The van der Waals surface area contributed by atoms with Crippen LogP contribution in [-0.2, 0) is 0 Å². The van der Waals surface area contributed by atoms with E-state index in [0.717, 1.165) is 0 Å². The van der Waals surface area contributed by atoms with Crippen LogP contribution in [0.5, 0.6) is 0 Å². The zero-order valence-electron chi connectivity index (χ0n) is 9.95. The Labute approximate surface area is 119 Å². The van der Waals surface area contributed by atoms with Gasteiger partial charge in [-0.15, -0.1) is 0 Å². The van der Waals surface area contributed by atoms with Crippen molar-refractivity contribution in [3.05, 3.63) is 34.1 Å². The fraction of sp³-hybridized carbons (Fsp3) is 0.333. The Kier molecular flexibility index (Phi) is 5.68. The van der Waals surface area contributed by atoms with E-state index in [9.17, 15) is 9.18 Å². The first-order valence-electron chi connectivity index (χ1n) is 5.49. The van der Waals surface area contributed by atoms with Crippen molar-refractivity contribution in [1.82, 2.24) is 4.90 Å². The van der Waals surface area contributed by atoms with Gasteiger partial charge in [-0.25, -0.2) is 4.39 Å². The SMILES string of the molecule is CCN(CCC(N)=S)C(=O)c1c(F)cccc1Br. The van der Waals surface area contributed by atoms with Crippen LogP contribution in [0, 0.1) is 5.82 Å². The van der Waals surface area contributed by atoms with Gasteiger partial charge in [0.2, 0.25) is 0 Å². The van der Waals surface area contributed by atoms with Gasteiger partial charge in [-0.05, 0) is 35.0 Å². The van der Waals surface area contributed by atoms with E-state index in [0.29, 0.717) is 29.0 Å². The summed E-state index contributed by atoms with van der Waals surface area (Å²) in [6.45, 7) is 2.69. The quantitative estimate of drug-likeness (QED) is 0.843. The topological polar surface area (TPSA) is 46.3 Å². The zero-order valence-corrected chi connectivity index (χ0v) is 12.4. The number of hydrogen-bond acceptors (Lipinski definition) is 2. The summed E-state index contributed by atoms with van der Waals surface area (Å²) in [7, 11) is 0. The summed E-state index contributed by atoms with van der Waals surface area (Å²) in [5.74, 6) is -0.901. The molecule has 6 heteroatoms. The van der Waals surface area contributed by atoms with E-state index < -0.39 is 5.82 Å². The summed E-state index contributed by atoms with van der Waals surface area (Å²) in [6.07, 6.45) is 0.432. The molecule has 1 rings (SSSR count). The Balaban J connectivity index is 2.93. The maximum atomic E-state index is 13.7. The van der Waals surface area contributed by atoms with E-state index in [4.69, 9.17) is 18.0 Å². The Bertz CT molecular complexity index is 447. The molecule has 3 nitrogen and oxygen atoms in total. The Morgan fingerprint density at radius 3 is 2.72 bits per heavy atom. The minimum Gasteiger partial charge on any atom is -0.393 e. The standard InChI is InChI=1S/C12H14BrFN2OS/c1-2-16(7-6-10(15)18)12(17)11-8(13)4-3-5-9(11)14/h3-5H,2,6-7H2,1H3,(H2,15,18). The number of halogens is 2. The molecule has 0 aliphatic carbocycles. The third kappa shape index (κ3) is 3.74. The number of benzene rings is 1. The number of rotatable bonds is 5. The summed E-state index contributed by atoms with van der Waals surface area (Å²) in [5.41, 5.74) is 5.45. The van der Waals surface area contributed by atoms with Crippen LogP contribution in [0.3, 0.4) is 0 Å². The number of nitrogens with zero attached hydrogens (tertiary/aromatic N) is 1.